The second kappa shape index (κ2) is 4.38. The molecule has 0 aromatic heterocycles. The van der Waals surface area contributed by atoms with Crippen LogP contribution >= 0.6 is 11.6 Å². The Labute approximate surface area is 83.6 Å². The van der Waals surface area contributed by atoms with Crippen LogP contribution in [0.1, 0.15) is 19.4 Å². The van der Waals surface area contributed by atoms with Gasteiger partial charge in [-0.1, -0.05) is 11.6 Å². The molecule has 1 aromatic rings. The van der Waals surface area contributed by atoms with Gasteiger partial charge in [0.15, 0.2) is 0 Å². The Hall–Kier alpha value is -0.890. The van der Waals surface area contributed by atoms with Gasteiger partial charge in [0.05, 0.1) is 11.7 Å². The summed E-state index contributed by atoms with van der Waals surface area (Å²) in [4.78, 5) is 0. The molecule has 0 atom stereocenters. The van der Waals surface area contributed by atoms with Gasteiger partial charge in [0.25, 0.3) is 0 Å². The van der Waals surface area contributed by atoms with Crippen molar-refractivity contribution in [2.75, 3.05) is 0 Å². The summed E-state index contributed by atoms with van der Waals surface area (Å²) >= 11 is 5.81. The van der Waals surface area contributed by atoms with Crippen molar-refractivity contribution >= 4 is 17.3 Å². The minimum atomic E-state index is 0.232. The lowest BCUT2D eigenvalue weighted by Gasteiger charge is -1.99. The number of hydrogen-bond donors (Lipinski definition) is 0. The molecule has 0 heterocycles. The first-order chi connectivity index (χ1) is 6.09. The van der Waals surface area contributed by atoms with Crippen molar-refractivity contribution in [1.82, 2.24) is 0 Å². The van der Waals surface area contributed by atoms with Crippen LogP contribution in [0.25, 0.3) is 0 Å². The Balaban J connectivity index is 2.90. The van der Waals surface area contributed by atoms with Crippen molar-refractivity contribution in [2.24, 2.45) is 10.2 Å². The largest absolute Gasteiger partial charge is 0.186 e. The van der Waals surface area contributed by atoms with Crippen LogP contribution in [0.5, 0.6) is 0 Å². The normalized spacial score (nSPS) is 11.5. The number of azo groups is 1. The fourth-order valence-corrected chi connectivity index (χ4v) is 1.14. The van der Waals surface area contributed by atoms with Crippen LogP contribution in [-0.4, -0.2) is 6.04 Å². The molecule has 2 nitrogen and oxygen atoms in total. The van der Waals surface area contributed by atoms with Crippen molar-refractivity contribution < 1.29 is 0 Å². The van der Waals surface area contributed by atoms with Crippen LogP contribution in [0.15, 0.2) is 28.4 Å². The average molecular weight is 197 g/mol. The van der Waals surface area contributed by atoms with Gasteiger partial charge in [-0.2, -0.15) is 10.2 Å². The third-order valence-electron chi connectivity index (χ3n) is 1.56. The van der Waals surface area contributed by atoms with Gasteiger partial charge < -0.3 is 0 Å². The zero-order valence-corrected chi connectivity index (χ0v) is 8.84. The Morgan fingerprint density at radius 1 is 1.31 bits per heavy atom. The molecule has 0 saturated heterocycles. The number of rotatable bonds is 2. The van der Waals surface area contributed by atoms with Crippen molar-refractivity contribution in [3.63, 3.8) is 0 Å². The molecule has 0 unspecified atom stereocenters. The SMILES string of the molecule is Cc1cc(Cl)ccc1N=NC(C)C. The summed E-state index contributed by atoms with van der Waals surface area (Å²) in [6, 6.07) is 5.82. The highest BCUT2D eigenvalue weighted by Crippen LogP contribution is 2.22. The minimum Gasteiger partial charge on any atom is -0.186 e. The molecular weight excluding hydrogens is 184 g/mol. The van der Waals surface area contributed by atoms with Crippen LogP contribution in [0.2, 0.25) is 5.02 Å². The smallest absolute Gasteiger partial charge is 0.0882 e. The van der Waals surface area contributed by atoms with E-state index in [0.29, 0.717) is 0 Å². The first kappa shape index (κ1) is 10.2. The van der Waals surface area contributed by atoms with Crippen LogP contribution in [0.4, 0.5) is 5.69 Å². The Kier molecular flexibility index (Phi) is 3.43. The van der Waals surface area contributed by atoms with Gasteiger partial charge in [0.2, 0.25) is 0 Å². The van der Waals surface area contributed by atoms with Crippen molar-refractivity contribution in [3.8, 4) is 0 Å². The van der Waals surface area contributed by atoms with Gasteiger partial charge in [-0.25, -0.2) is 0 Å². The van der Waals surface area contributed by atoms with E-state index in [1.165, 1.54) is 0 Å². The quantitative estimate of drug-likeness (QED) is 0.636. The number of nitrogens with zero attached hydrogens (tertiary/aromatic N) is 2. The standard InChI is InChI=1S/C10H13ClN2/c1-7(2)12-13-10-5-4-9(11)6-8(10)3/h4-7H,1-3H3. The molecule has 0 bridgehead atoms. The Morgan fingerprint density at radius 2 is 2.00 bits per heavy atom. The van der Waals surface area contributed by atoms with E-state index in [4.69, 9.17) is 11.6 Å². The van der Waals surface area contributed by atoms with E-state index in [0.717, 1.165) is 16.3 Å². The summed E-state index contributed by atoms with van der Waals surface area (Å²) in [5.74, 6) is 0. The molecule has 0 N–H and O–H groups in total. The van der Waals surface area contributed by atoms with E-state index in [-0.39, 0.29) is 6.04 Å². The summed E-state index contributed by atoms with van der Waals surface area (Å²) < 4.78 is 0. The summed E-state index contributed by atoms with van der Waals surface area (Å²) in [6.45, 7) is 5.96. The van der Waals surface area contributed by atoms with Gasteiger partial charge in [-0.15, -0.1) is 0 Å². The molecule has 1 rings (SSSR count). The second-order valence-electron chi connectivity index (χ2n) is 3.24. The van der Waals surface area contributed by atoms with Gasteiger partial charge in [0.1, 0.15) is 0 Å². The average Bonchev–Trinajstić information content (AvgIpc) is 2.02. The molecule has 70 valence electrons. The third-order valence-corrected chi connectivity index (χ3v) is 1.79. The highest BCUT2D eigenvalue weighted by atomic mass is 35.5. The molecule has 0 aliphatic carbocycles. The van der Waals surface area contributed by atoms with E-state index in [1.54, 1.807) is 0 Å². The molecule has 0 aliphatic rings. The summed E-state index contributed by atoms with van der Waals surface area (Å²) in [5, 5.41) is 8.92. The maximum atomic E-state index is 5.81. The van der Waals surface area contributed by atoms with E-state index in [1.807, 2.05) is 39.0 Å². The maximum absolute atomic E-state index is 5.81. The van der Waals surface area contributed by atoms with Gasteiger partial charge >= 0.3 is 0 Å². The lowest BCUT2D eigenvalue weighted by Crippen LogP contribution is -1.84. The van der Waals surface area contributed by atoms with Crippen LogP contribution in [0.3, 0.4) is 0 Å². The number of benzene rings is 1. The summed E-state index contributed by atoms with van der Waals surface area (Å²) in [6.07, 6.45) is 0. The zero-order chi connectivity index (χ0) is 9.84. The predicted octanol–water partition coefficient (Wildman–Crippen LogP) is 4.14. The molecular formula is C10H13ClN2. The van der Waals surface area contributed by atoms with Gasteiger partial charge in [0, 0.05) is 5.02 Å². The summed E-state index contributed by atoms with van der Waals surface area (Å²) in [5.41, 5.74) is 1.94. The monoisotopic (exact) mass is 196 g/mol. The van der Waals surface area contributed by atoms with Crippen LogP contribution in [-0.2, 0) is 0 Å². The van der Waals surface area contributed by atoms with Crippen LogP contribution in [0, 0.1) is 6.92 Å². The van der Waals surface area contributed by atoms with Gasteiger partial charge in [-0.05, 0) is 44.5 Å². The lowest BCUT2D eigenvalue weighted by molar-refractivity contribution is 0.778. The highest BCUT2D eigenvalue weighted by Gasteiger charge is 1.97. The fraction of sp³-hybridized carbons (Fsp3) is 0.400. The second-order valence-corrected chi connectivity index (χ2v) is 3.68. The molecule has 0 amide bonds. The third kappa shape index (κ3) is 3.15. The van der Waals surface area contributed by atoms with Crippen molar-refractivity contribution in [1.29, 1.82) is 0 Å². The molecule has 0 radical (unpaired) electrons. The molecule has 0 aliphatic heterocycles. The fourth-order valence-electron chi connectivity index (χ4n) is 0.909. The first-order valence-corrected chi connectivity index (χ1v) is 4.64. The summed E-state index contributed by atoms with van der Waals surface area (Å²) in [7, 11) is 0. The van der Waals surface area contributed by atoms with Gasteiger partial charge in [-0.3, -0.25) is 0 Å². The van der Waals surface area contributed by atoms with E-state index >= 15 is 0 Å². The molecule has 0 spiro atoms. The first-order valence-electron chi connectivity index (χ1n) is 4.26. The van der Waals surface area contributed by atoms with Crippen molar-refractivity contribution in [2.45, 2.75) is 26.8 Å². The molecule has 13 heavy (non-hydrogen) atoms. The Bertz CT molecular complexity index is 319. The highest BCUT2D eigenvalue weighted by molar-refractivity contribution is 6.30. The zero-order valence-electron chi connectivity index (χ0n) is 8.08. The minimum absolute atomic E-state index is 0.232. The topological polar surface area (TPSA) is 24.7 Å². The van der Waals surface area contributed by atoms with Crippen LogP contribution < -0.4 is 0 Å². The molecule has 0 fully saturated rings. The molecule has 0 saturated carbocycles. The maximum Gasteiger partial charge on any atom is 0.0882 e. The predicted molar refractivity (Wildman–Crippen MR) is 55.8 cm³/mol. The number of halogens is 1. The lowest BCUT2D eigenvalue weighted by atomic mass is 10.2. The van der Waals surface area contributed by atoms with E-state index in [2.05, 4.69) is 10.2 Å². The number of hydrogen-bond acceptors (Lipinski definition) is 2. The Morgan fingerprint density at radius 3 is 2.54 bits per heavy atom. The van der Waals surface area contributed by atoms with E-state index in [9.17, 15) is 0 Å². The molecule has 1 aromatic carbocycles. The number of aryl methyl sites for hydroxylation is 1. The molecule has 3 heteroatoms. The van der Waals surface area contributed by atoms with Crippen molar-refractivity contribution in [3.05, 3.63) is 28.8 Å². The van der Waals surface area contributed by atoms with E-state index < -0.39 is 0 Å².